The molecule has 6 nitrogen and oxygen atoms in total. The summed E-state index contributed by atoms with van der Waals surface area (Å²) in [6, 6.07) is 51.3. The standard InChI is InChI=1S/C51H38N6/c1-3-4-19-43(52)40-18-9-13-33(2)49(40)35-24-26-46-42(31-35)51-48(22-12-29-55-51)57(46)37-15-10-14-36(32-37)56-45-25-23-34(30-41(45)50-47(56)21-11-28-54-50)38-16-5-6-17-39(38)44-20-7-8-27-53-44/h3-32H,52H2,1-2H3/b4-3-,43-19-. The lowest BCUT2D eigenvalue weighted by Gasteiger charge is -2.15. The molecule has 0 radical (unpaired) electrons. The highest BCUT2D eigenvalue weighted by atomic mass is 15.0. The Balaban J connectivity index is 1.13. The van der Waals surface area contributed by atoms with Gasteiger partial charge in [-0.25, -0.2) is 0 Å². The van der Waals surface area contributed by atoms with Crippen LogP contribution in [0.1, 0.15) is 18.1 Å². The van der Waals surface area contributed by atoms with E-state index in [4.69, 9.17) is 15.7 Å². The van der Waals surface area contributed by atoms with E-state index in [-0.39, 0.29) is 0 Å². The molecule has 10 rings (SSSR count). The minimum atomic E-state index is 0.732. The van der Waals surface area contributed by atoms with Crippen molar-refractivity contribution in [1.82, 2.24) is 24.1 Å². The molecule has 5 heterocycles. The summed E-state index contributed by atoms with van der Waals surface area (Å²) in [6.45, 7) is 4.14. The summed E-state index contributed by atoms with van der Waals surface area (Å²) in [6.07, 6.45) is 11.5. The average molecular weight is 735 g/mol. The van der Waals surface area contributed by atoms with Crippen molar-refractivity contribution in [1.29, 1.82) is 0 Å². The van der Waals surface area contributed by atoms with E-state index in [1.807, 2.05) is 68.0 Å². The number of aryl methyl sites for hydroxylation is 1. The third kappa shape index (κ3) is 5.69. The molecule has 57 heavy (non-hydrogen) atoms. The molecule has 0 atom stereocenters. The van der Waals surface area contributed by atoms with E-state index in [0.717, 1.165) is 100 Å². The zero-order chi connectivity index (χ0) is 38.5. The van der Waals surface area contributed by atoms with E-state index >= 15 is 0 Å². The molecule has 2 N–H and O–H groups in total. The summed E-state index contributed by atoms with van der Waals surface area (Å²) in [5.74, 6) is 0. The van der Waals surface area contributed by atoms with Crippen LogP contribution < -0.4 is 5.73 Å². The normalized spacial score (nSPS) is 12.1. The summed E-state index contributed by atoms with van der Waals surface area (Å²) in [5.41, 5.74) is 24.3. The molecule has 0 spiro atoms. The Hall–Kier alpha value is -7.57. The first-order valence-electron chi connectivity index (χ1n) is 19.2. The SMILES string of the molecule is C/C=C\C=C(/N)c1cccc(C)c1-c1ccc2c(c1)c1ncccc1n2-c1cccc(-n2c3ccc(-c4ccccc4-c4ccccn4)cc3c3ncccc32)c1. The van der Waals surface area contributed by atoms with Crippen LogP contribution in [0.15, 0.2) is 182 Å². The topological polar surface area (TPSA) is 74.5 Å². The number of fused-ring (bicyclic) bond motifs is 6. The van der Waals surface area contributed by atoms with Crippen LogP contribution in [0.3, 0.4) is 0 Å². The Labute approximate surface area is 330 Å². The zero-order valence-electron chi connectivity index (χ0n) is 31.6. The van der Waals surface area contributed by atoms with Gasteiger partial charge in [0.2, 0.25) is 0 Å². The van der Waals surface area contributed by atoms with Crippen LogP contribution in [0.5, 0.6) is 0 Å². The first kappa shape index (κ1) is 34.0. The third-order valence-electron chi connectivity index (χ3n) is 10.9. The van der Waals surface area contributed by atoms with Crippen LogP contribution in [0.25, 0.3) is 94.5 Å². The quantitative estimate of drug-likeness (QED) is 0.165. The number of nitrogens with two attached hydrogens (primary N) is 1. The Morgan fingerprint density at radius 1 is 0.544 bits per heavy atom. The molecule has 0 bridgehead atoms. The minimum absolute atomic E-state index is 0.732. The second kappa shape index (κ2) is 13.9. The van der Waals surface area contributed by atoms with E-state index in [2.05, 4.69) is 142 Å². The van der Waals surface area contributed by atoms with E-state index < -0.39 is 0 Å². The van der Waals surface area contributed by atoms with Crippen molar-refractivity contribution in [3.8, 4) is 44.9 Å². The van der Waals surface area contributed by atoms with Gasteiger partial charge in [0.15, 0.2) is 0 Å². The summed E-state index contributed by atoms with van der Waals surface area (Å²) in [4.78, 5) is 14.5. The maximum absolute atomic E-state index is 6.64. The number of pyridine rings is 3. The lowest BCUT2D eigenvalue weighted by molar-refractivity contribution is 1.13. The number of aromatic nitrogens is 5. The van der Waals surface area contributed by atoms with Gasteiger partial charge in [-0.15, -0.1) is 0 Å². The second-order valence-electron chi connectivity index (χ2n) is 14.3. The van der Waals surface area contributed by atoms with Crippen LogP contribution in [0.2, 0.25) is 0 Å². The molecule has 10 aromatic rings. The van der Waals surface area contributed by atoms with Gasteiger partial charge in [-0.3, -0.25) is 15.0 Å². The zero-order valence-corrected chi connectivity index (χ0v) is 31.6. The number of nitrogens with zero attached hydrogens (tertiary/aromatic N) is 5. The Morgan fingerprint density at radius 2 is 1.16 bits per heavy atom. The second-order valence-corrected chi connectivity index (χ2v) is 14.3. The molecule has 0 aliphatic carbocycles. The van der Waals surface area contributed by atoms with Crippen LogP contribution in [-0.4, -0.2) is 24.1 Å². The average Bonchev–Trinajstić information content (AvgIpc) is 3.78. The molecule has 6 heteroatoms. The number of hydrogen-bond donors (Lipinski definition) is 1. The van der Waals surface area contributed by atoms with Gasteiger partial charge in [0, 0.05) is 57.6 Å². The first-order valence-corrected chi connectivity index (χ1v) is 19.2. The molecule has 272 valence electrons. The van der Waals surface area contributed by atoms with Crippen LogP contribution >= 0.6 is 0 Å². The van der Waals surface area contributed by atoms with Crippen molar-refractivity contribution in [3.63, 3.8) is 0 Å². The van der Waals surface area contributed by atoms with Gasteiger partial charge in [0.1, 0.15) is 0 Å². The molecule has 0 unspecified atom stereocenters. The summed E-state index contributed by atoms with van der Waals surface area (Å²) in [7, 11) is 0. The van der Waals surface area contributed by atoms with Gasteiger partial charge in [0.05, 0.1) is 38.8 Å². The molecule has 0 aliphatic rings. The third-order valence-corrected chi connectivity index (χ3v) is 10.9. The van der Waals surface area contributed by atoms with Crippen LogP contribution in [0, 0.1) is 6.92 Å². The molecule has 0 amide bonds. The van der Waals surface area contributed by atoms with Crippen LogP contribution in [-0.2, 0) is 0 Å². The van der Waals surface area contributed by atoms with E-state index in [9.17, 15) is 0 Å². The van der Waals surface area contributed by atoms with Gasteiger partial charge in [0.25, 0.3) is 0 Å². The lowest BCUT2D eigenvalue weighted by atomic mass is 9.92. The summed E-state index contributed by atoms with van der Waals surface area (Å²) in [5, 5.41) is 2.17. The smallest absolute Gasteiger partial charge is 0.0963 e. The van der Waals surface area contributed by atoms with Crippen molar-refractivity contribution in [2.75, 3.05) is 0 Å². The van der Waals surface area contributed by atoms with Crippen LogP contribution in [0.4, 0.5) is 0 Å². The molecular formula is C51H38N6. The van der Waals surface area contributed by atoms with Gasteiger partial charge >= 0.3 is 0 Å². The molecule has 0 aliphatic heterocycles. The summed E-state index contributed by atoms with van der Waals surface area (Å²) >= 11 is 0. The van der Waals surface area contributed by atoms with Crippen molar-refractivity contribution in [2.24, 2.45) is 5.73 Å². The monoisotopic (exact) mass is 734 g/mol. The molecule has 0 fully saturated rings. The van der Waals surface area contributed by atoms with Gasteiger partial charge in [-0.1, -0.05) is 78.9 Å². The van der Waals surface area contributed by atoms with Crippen molar-refractivity contribution in [3.05, 3.63) is 194 Å². The number of rotatable bonds is 7. The maximum Gasteiger partial charge on any atom is 0.0963 e. The predicted octanol–water partition coefficient (Wildman–Crippen LogP) is 12.3. The van der Waals surface area contributed by atoms with E-state index in [1.54, 1.807) is 0 Å². The van der Waals surface area contributed by atoms with Crippen molar-refractivity contribution >= 4 is 49.6 Å². The minimum Gasteiger partial charge on any atom is -0.398 e. The fourth-order valence-corrected chi connectivity index (χ4v) is 8.38. The maximum atomic E-state index is 6.64. The van der Waals surface area contributed by atoms with Gasteiger partial charge in [-0.05, 0) is 127 Å². The molecule has 0 saturated heterocycles. The first-order chi connectivity index (χ1) is 28.1. The molecule has 0 saturated carbocycles. The van der Waals surface area contributed by atoms with E-state index in [0.29, 0.717) is 0 Å². The van der Waals surface area contributed by atoms with Crippen molar-refractivity contribution in [2.45, 2.75) is 13.8 Å². The van der Waals surface area contributed by atoms with E-state index in [1.165, 1.54) is 5.56 Å². The fraction of sp³-hybridized carbons (Fsp3) is 0.0392. The van der Waals surface area contributed by atoms with Gasteiger partial charge in [-0.2, -0.15) is 0 Å². The Kier molecular flexibility index (Phi) is 8.30. The van der Waals surface area contributed by atoms with Gasteiger partial charge < -0.3 is 14.9 Å². The number of hydrogen-bond acceptors (Lipinski definition) is 4. The molecule has 5 aromatic carbocycles. The Bertz CT molecular complexity index is 3220. The lowest BCUT2D eigenvalue weighted by Crippen LogP contribution is -2.00. The fourth-order valence-electron chi connectivity index (χ4n) is 8.38. The largest absolute Gasteiger partial charge is 0.398 e. The highest BCUT2D eigenvalue weighted by molar-refractivity contribution is 6.10. The molecule has 5 aromatic heterocycles. The molecular weight excluding hydrogens is 697 g/mol. The Morgan fingerprint density at radius 3 is 1.82 bits per heavy atom. The predicted molar refractivity (Wildman–Crippen MR) is 237 cm³/mol. The van der Waals surface area contributed by atoms with Crippen molar-refractivity contribution < 1.29 is 0 Å². The number of allylic oxidation sites excluding steroid dienone is 3. The summed E-state index contributed by atoms with van der Waals surface area (Å²) < 4.78 is 4.65. The highest BCUT2D eigenvalue weighted by Crippen LogP contribution is 2.40. The highest BCUT2D eigenvalue weighted by Gasteiger charge is 2.19. The number of benzene rings is 5.